The second-order valence-corrected chi connectivity index (χ2v) is 8.36. The first kappa shape index (κ1) is 18.1. The Morgan fingerprint density at radius 2 is 1.55 bits per heavy atom. The number of likely N-dealkylation sites (N-methyl/N-ethyl adjacent to an activating group) is 1. The summed E-state index contributed by atoms with van der Waals surface area (Å²) in [6.07, 6.45) is 2.37. The summed E-state index contributed by atoms with van der Waals surface area (Å²) >= 11 is 0. The Morgan fingerprint density at radius 3 is 2.00 bits per heavy atom. The average Bonchev–Trinajstić information content (AvgIpc) is 2.70. The van der Waals surface area contributed by atoms with E-state index in [2.05, 4.69) is 7.05 Å². The lowest BCUT2D eigenvalue weighted by Gasteiger charge is -2.29. The standard InChI is InChI=1S/C14H31NO4P/c1-13(2)18-20(16,19-14(3)4)12-17-11-10-15(5)8-6-7-9-15/h13-14H,6-12H2,1-5H3/q+1. The SMILES string of the molecule is CC(C)OP(=O)(COCC[N+]1(C)CCCC1)OC(C)C. The van der Waals surface area contributed by atoms with Crippen molar-refractivity contribution < 1.29 is 22.8 Å². The van der Waals surface area contributed by atoms with Gasteiger partial charge in [0.2, 0.25) is 0 Å². The van der Waals surface area contributed by atoms with E-state index in [1.807, 2.05) is 27.7 Å². The van der Waals surface area contributed by atoms with Crippen LogP contribution in [-0.2, 0) is 18.3 Å². The summed E-state index contributed by atoms with van der Waals surface area (Å²) in [7, 11) is -0.889. The Balaban J connectivity index is 2.36. The molecule has 1 saturated heterocycles. The van der Waals surface area contributed by atoms with E-state index in [0.717, 1.165) is 11.0 Å². The fraction of sp³-hybridized carbons (Fsp3) is 1.00. The number of hydrogen-bond donors (Lipinski definition) is 0. The maximum Gasteiger partial charge on any atom is 0.356 e. The van der Waals surface area contributed by atoms with Crippen molar-refractivity contribution in [1.82, 2.24) is 0 Å². The molecule has 0 N–H and O–H groups in total. The molecule has 1 heterocycles. The van der Waals surface area contributed by atoms with Gasteiger partial charge in [-0.25, -0.2) is 0 Å². The average molecular weight is 308 g/mol. The summed E-state index contributed by atoms with van der Waals surface area (Å²) in [5.41, 5.74) is 0. The van der Waals surface area contributed by atoms with Crippen molar-refractivity contribution in [3.63, 3.8) is 0 Å². The second kappa shape index (κ2) is 7.90. The first-order valence-electron chi connectivity index (χ1n) is 7.62. The summed E-state index contributed by atoms with van der Waals surface area (Å²) in [6, 6.07) is 0. The molecule has 0 aromatic rings. The van der Waals surface area contributed by atoms with Crippen LogP contribution in [0.5, 0.6) is 0 Å². The lowest BCUT2D eigenvalue weighted by Crippen LogP contribution is -2.43. The van der Waals surface area contributed by atoms with Gasteiger partial charge in [-0.05, 0) is 27.7 Å². The topological polar surface area (TPSA) is 44.8 Å². The van der Waals surface area contributed by atoms with Crippen LogP contribution < -0.4 is 0 Å². The molecule has 1 aliphatic rings. The third kappa shape index (κ3) is 6.68. The molecule has 0 bridgehead atoms. The molecule has 0 atom stereocenters. The molecule has 1 aliphatic heterocycles. The molecular formula is C14H31NO4P+. The molecule has 1 rings (SSSR count). The Kier molecular flexibility index (Phi) is 7.16. The molecular weight excluding hydrogens is 277 g/mol. The summed E-state index contributed by atoms with van der Waals surface area (Å²) in [5.74, 6) is 0. The van der Waals surface area contributed by atoms with Crippen molar-refractivity contribution in [2.24, 2.45) is 0 Å². The lowest BCUT2D eigenvalue weighted by atomic mass is 10.4. The molecule has 0 spiro atoms. The molecule has 0 saturated carbocycles. The Labute approximate surface area is 123 Å². The zero-order valence-electron chi connectivity index (χ0n) is 13.6. The quantitative estimate of drug-likeness (QED) is 0.373. The molecule has 0 radical (unpaired) electrons. The maximum absolute atomic E-state index is 12.5. The number of likely N-dealkylation sites (tertiary alicyclic amines) is 1. The van der Waals surface area contributed by atoms with Crippen LogP contribution in [0.15, 0.2) is 0 Å². The maximum atomic E-state index is 12.5. The number of quaternary nitrogens is 1. The van der Waals surface area contributed by atoms with Gasteiger partial charge in [0.1, 0.15) is 12.9 Å². The van der Waals surface area contributed by atoms with Crippen LogP contribution in [0.3, 0.4) is 0 Å². The summed E-state index contributed by atoms with van der Waals surface area (Å²) in [4.78, 5) is 0. The minimum Gasteiger partial charge on any atom is -0.363 e. The summed E-state index contributed by atoms with van der Waals surface area (Å²) < 4.78 is 30.1. The highest BCUT2D eigenvalue weighted by Gasteiger charge is 2.30. The van der Waals surface area contributed by atoms with E-state index in [9.17, 15) is 4.57 Å². The molecule has 0 amide bonds. The number of hydrogen-bond acceptors (Lipinski definition) is 4. The van der Waals surface area contributed by atoms with Crippen LogP contribution in [0.25, 0.3) is 0 Å². The van der Waals surface area contributed by atoms with Crippen LogP contribution in [-0.4, -0.2) is 56.3 Å². The van der Waals surface area contributed by atoms with Crippen molar-refractivity contribution in [3.8, 4) is 0 Å². The van der Waals surface area contributed by atoms with Crippen molar-refractivity contribution in [2.45, 2.75) is 52.7 Å². The van der Waals surface area contributed by atoms with Crippen LogP contribution >= 0.6 is 7.60 Å². The van der Waals surface area contributed by atoms with E-state index in [1.165, 1.54) is 25.9 Å². The van der Waals surface area contributed by atoms with Crippen molar-refractivity contribution in [1.29, 1.82) is 0 Å². The smallest absolute Gasteiger partial charge is 0.356 e. The fourth-order valence-corrected chi connectivity index (χ4v) is 4.32. The van der Waals surface area contributed by atoms with Crippen LogP contribution in [0, 0.1) is 0 Å². The minimum absolute atomic E-state index is 0.0450. The van der Waals surface area contributed by atoms with Gasteiger partial charge in [0.05, 0.1) is 39.0 Å². The van der Waals surface area contributed by atoms with Crippen LogP contribution in [0.1, 0.15) is 40.5 Å². The third-order valence-corrected chi connectivity index (χ3v) is 5.40. The van der Waals surface area contributed by atoms with Crippen molar-refractivity contribution in [2.75, 3.05) is 39.6 Å². The van der Waals surface area contributed by atoms with E-state index >= 15 is 0 Å². The predicted molar refractivity (Wildman–Crippen MR) is 80.9 cm³/mol. The first-order valence-corrected chi connectivity index (χ1v) is 9.35. The molecule has 5 nitrogen and oxygen atoms in total. The molecule has 0 aromatic heterocycles. The van der Waals surface area contributed by atoms with E-state index in [0.29, 0.717) is 6.61 Å². The number of rotatable bonds is 9. The molecule has 20 heavy (non-hydrogen) atoms. The number of ether oxygens (including phenoxy) is 1. The fourth-order valence-electron chi connectivity index (χ4n) is 2.51. The molecule has 120 valence electrons. The molecule has 1 fully saturated rings. The third-order valence-electron chi connectivity index (χ3n) is 3.41. The lowest BCUT2D eigenvalue weighted by molar-refractivity contribution is -0.898. The van der Waals surface area contributed by atoms with Gasteiger partial charge in [0, 0.05) is 12.8 Å². The molecule has 0 unspecified atom stereocenters. The normalized spacial score (nSPS) is 19.1. The highest BCUT2D eigenvalue weighted by Crippen LogP contribution is 2.50. The van der Waals surface area contributed by atoms with Crippen molar-refractivity contribution >= 4 is 7.60 Å². The first-order chi connectivity index (χ1) is 9.25. The highest BCUT2D eigenvalue weighted by atomic mass is 31.2. The highest BCUT2D eigenvalue weighted by molar-refractivity contribution is 7.53. The second-order valence-electron chi connectivity index (χ2n) is 6.45. The van der Waals surface area contributed by atoms with Gasteiger partial charge >= 0.3 is 7.60 Å². The van der Waals surface area contributed by atoms with Gasteiger partial charge in [0.25, 0.3) is 0 Å². The van der Waals surface area contributed by atoms with E-state index in [4.69, 9.17) is 13.8 Å². The number of nitrogens with zero attached hydrogens (tertiary/aromatic N) is 1. The van der Waals surface area contributed by atoms with Gasteiger partial charge in [0.15, 0.2) is 0 Å². The van der Waals surface area contributed by atoms with Gasteiger partial charge < -0.3 is 18.3 Å². The Bertz CT molecular complexity index is 313. The van der Waals surface area contributed by atoms with Gasteiger partial charge in [-0.3, -0.25) is 4.57 Å². The van der Waals surface area contributed by atoms with Crippen molar-refractivity contribution in [3.05, 3.63) is 0 Å². The Morgan fingerprint density at radius 1 is 1.05 bits per heavy atom. The van der Waals surface area contributed by atoms with Gasteiger partial charge in [-0.15, -0.1) is 0 Å². The summed E-state index contributed by atoms with van der Waals surface area (Å²) in [5, 5.41) is 0. The molecule has 0 aromatic carbocycles. The van der Waals surface area contributed by atoms with E-state index < -0.39 is 7.60 Å². The van der Waals surface area contributed by atoms with Gasteiger partial charge in [-0.1, -0.05) is 0 Å². The largest absolute Gasteiger partial charge is 0.363 e. The van der Waals surface area contributed by atoms with Crippen LogP contribution in [0.2, 0.25) is 0 Å². The summed E-state index contributed by atoms with van der Waals surface area (Å²) in [6.45, 7) is 11.4. The molecule has 0 aliphatic carbocycles. The van der Waals surface area contributed by atoms with E-state index in [-0.39, 0.29) is 18.6 Å². The van der Waals surface area contributed by atoms with E-state index in [1.54, 1.807) is 0 Å². The van der Waals surface area contributed by atoms with Crippen LogP contribution in [0.4, 0.5) is 0 Å². The minimum atomic E-state index is -3.14. The molecule has 6 heteroatoms. The zero-order chi connectivity index (χ0) is 15.2. The monoisotopic (exact) mass is 308 g/mol. The zero-order valence-corrected chi connectivity index (χ0v) is 14.5. The predicted octanol–water partition coefficient (Wildman–Crippen LogP) is 3.24. The van der Waals surface area contributed by atoms with Gasteiger partial charge in [-0.2, -0.15) is 0 Å². The Hall–Kier alpha value is 0.0700.